The van der Waals surface area contributed by atoms with E-state index in [0.29, 0.717) is 13.1 Å². The van der Waals surface area contributed by atoms with Gasteiger partial charge in [-0.25, -0.2) is 0 Å². The van der Waals surface area contributed by atoms with Crippen molar-refractivity contribution in [1.29, 1.82) is 0 Å². The van der Waals surface area contributed by atoms with Gasteiger partial charge in [-0.3, -0.25) is 9.98 Å². The summed E-state index contributed by atoms with van der Waals surface area (Å²) in [4.78, 5) is 14.2. The second kappa shape index (κ2) is 18.6. The first-order valence-electron chi connectivity index (χ1n) is 14.4. The Labute approximate surface area is 221 Å². The third-order valence-corrected chi connectivity index (χ3v) is 6.48. The predicted molar refractivity (Wildman–Crippen MR) is 162 cm³/mol. The molecule has 4 nitrogen and oxygen atoms in total. The number of anilines is 2. The van der Waals surface area contributed by atoms with Gasteiger partial charge in [-0.2, -0.15) is 0 Å². The van der Waals surface area contributed by atoms with Crippen LogP contribution < -0.4 is 9.80 Å². The molecule has 0 aliphatic carbocycles. The Bertz CT molecular complexity index is 765. The minimum absolute atomic E-state index is 0.706. The lowest BCUT2D eigenvalue weighted by atomic mass is 10.2. The maximum Gasteiger partial charge on any atom is 0.0585 e. The molecule has 0 saturated carbocycles. The van der Waals surface area contributed by atoms with Crippen LogP contribution in [0.15, 0.2) is 58.5 Å². The van der Waals surface area contributed by atoms with Gasteiger partial charge in [0.1, 0.15) is 0 Å². The van der Waals surface area contributed by atoms with E-state index >= 15 is 0 Å². The highest BCUT2D eigenvalue weighted by Gasteiger charge is 2.06. The SMILES string of the molecule is CCCCN(CCCC)c1ccc(C=NCCN=Cc2ccc(N(CCCC)CCCC)cc2)cc1. The van der Waals surface area contributed by atoms with Crippen molar-refractivity contribution in [2.24, 2.45) is 9.98 Å². The van der Waals surface area contributed by atoms with E-state index in [2.05, 4.69) is 96.0 Å². The summed E-state index contributed by atoms with van der Waals surface area (Å²) in [5.41, 5.74) is 4.95. The van der Waals surface area contributed by atoms with Crippen LogP contribution in [0.1, 0.15) is 90.2 Å². The van der Waals surface area contributed by atoms with Gasteiger partial charge < -0.3 is 9.80 Å². The Kier molecular flexibility index (Phi) is 15.3. The van der Waals surface area contributed by atoms with Crippen LogP contribution in [0.2, 0.25) is 0 Å². The van der Waals surface area contributed by atoms with E-state index in [4.69, 9.17) is 0 Å². The van der Waals surface area contributed by atoms with E-state index < -0.39 is 0 Å². The molecule has 0 aromatic heterocycles. The summed E-state index contributed by atoms with van der Waals surface area (Å²) >= 11 is 0. The second-order valence-corrected chi connectivity index (χ2v) is 9.64. The fourth-order valence-corrected chi connectivity index (χ4v) is 4.13. The van der Waals surface area contributed by atoms with Crippen LogP contribution in [0.3, 0.4) is 0 Å². The minimum atomic E-state index is 0.706. The molecule has 0 unspecified atom stereocenters. The van der Waals surface area contributed by atoms with Crippen molar-refractivity contribution in [2.45, 2.75) is 79.1 Å². The predicted octanol–water partition coefficient (Wildman–Crippen LogP) is 8.04. The van der Waals surface area contributed by atoms with Crippen LogP contribution >= 0.6 is 0 Å². The zero-order valence-corrected chi connectivity index (χ0v) is 23.5. The molecule has 0 N–H and O–H groups in total. The van der Waals surface area contributed by atoms with Crippen molar-refractivity contribution in [2.75, 3.05) is 49.1 Å². The number of benzene rings is 2. The number of aliphatic imine (C=N–C) groups is 2. The lowest BCUT2D eigenvalue weighted by Crippen LogP contribution is -2.25. The van der Waals surface area contributed by atoms with Crippen LogP contribution in [-0.2, 0) is 0 Å². The number of hydrogen-bond acceptors (Lipinski definition) is 4. The van der Waals surface area contributed by atoms with Gasteiger partial charge in [0.05, 0.1) is 13.1 Å². The lowest BCUT2D eigenvalue weighted by Gasteiger charge is -2.24. The molecule has 0 aliphatic heterocycles. The third-order valence-electron chi connectivity index (χ3n) is 6.48. The van der Waals surface area contributed by atoms with E-state index in [1.54, 1.807) is 0 Å². The summed E-state index contributed by atoms with van der Waals surface area (Å²) < 4.78 is 0. The van der Waals surface area contributed by atoms with E-state index in [1.165, 1.54) is 62.7 Å². The van der Waals surface area contributed by atoms with Crippen molar-refractivity contribution < 1.29 is 0 Å². The summed E-state index contributed by atoms with van der Waals surface area (Å²) in [5.74, 6) is 0. The van der Waals surface area contributed by atoms with Crippen LogP contribution in [0.4, 0.5) is 11.4 Å². The zero-order chi connectivity index (χ0) is 25.8. The maximum atomic E-state index is 4.58. The highest BCUT2D eigenvalue weighted by molar-refractivity contribution is 5.81. The molecule has 4 heteroatoms. The van der Waals surface area contributed by atoms with Crippen LogP contribution in [-0.4, -0.2) is 51.7 Å². The summed E-state index contributed by atoms with van der Waals surface area (Å²) in [7, 11) is 0. The Morgan fingerprint density at radius 1 is 0.500 bits per heavy atom. The summed E-state index contributed by atoms with van der Waals surface area (Å²) in [6, 6.07) is 17.7. The quantitative estimate of drug-likeness (QED) is 0.147. The minimum Gasteiger partial charge on any atom is -0.372 e. The van der Waals surface area contributed by atoms with Crippen molar-refractivity contribution in [3.05, 3.63) is 59.7 Å². The fraction of sp³-hybridized carbons (Fsp3) is 0.562. The molecule has 0 aliphatic rings. The molecule has 0 saturated heterocycles. The van der Waals surface area contributed by atoms with Crippen LogP contribution in [0.25, 0.3) is 0 Å². The highest BCUT2D eigenvalue weighted by atomic mass is 15.1. The van der Waals surface area contributed by atoms with Gasteiger partial charge in [0, 0.05) is 50.0 Å². The molecule has 198 valence electrons. The Morgan fingerprint density at radius 3 is 1.08 bits per heavy atom. The van der Waals surface area contributed by atoms with Crippen LogP contribution in [0, 0.1) is 0 Å². The standard InChI is InChI=1S/C32H50N4/c1-5-9-23-35(24-10-6-2)31-17-13-29(14-18-31)27-33-21-22-34-28-30-15-19-32(20-16-30)36(25-11-7-3)26-12-8-4/h13-20,27-28H,5-12,21-26H2,1-4H3. The van der Waals surface area contributed by atoms with Gasteiger partial charge in [-0.1, -0.05) is 77.6 Å². The highest BCUT2D eigenvalue weighted by Crippen LogP contribution is 2.18. The molecule has 0 heterocycles. The number of unbranched alkanes of at least 4 members (excludes halogenated alkanes) is 4. The zero-order valence-electron chi connectivity index (χ0n) is 23.5. The smallest absolute Gasteiger partial charge is 0.0585 e. The van der Waals surface area contributed by atoms with Gasteiger partial charge in [-0.05, 0) is 61.1 Å². The molecule has 2 rings (SSSR count). The topological polar surface area (TPSA) is 31.2 Å². The number of nitrogens with zero attached hydrogens (tertiary/aromatic N) is 4. The first-order chi connectivity index (χ1) is 17.7. The molecule has 2 aromatic rings. The van der Waals surface area contributed by atoms with E-state index in [9.17, 15) is 0 Å². The van der Waals surface area contributed by atoms with Crippen molar-refractivity contribution in [1.82, 2.24) is 0 Å². The lowest BCUT2D eigenvalue weighted by molar-refractivity contribution is 0.678. The third kappa shape index (κ3) is 11.4. The van der Waals surface area contributed by atoms with Crippen molar-refractivity contribution in [3.63, 3.8) is 0 Å². The summed E-state index contributed by atoms with van der Waals surface area (Å²) in [5, 5.41) is 0. The molecule has 36 heavy (non-hydrogen) atoms. The fourth-order valence-electron chi connectivity index (χ4n) is 4.13. The average Bonchev–Trinajstić information content (AvgIpc) is 2.92. The molecule has 0 amide bonds. The maximum absolute atomic E-state index is 4.58. The molecular formula is C32H50N4. The first kappa shape index (κ1) is 29.6. The summed E-state index contributed by atoms with van der Waals surface area (Å²) in [6.45, 7) is 15.0. The second-order valence-electron chi connectivity index (χ2n) is 9.64. The average molecular weight is 491 g/mol. The van der Waals surface area contributed by atoms with Gasteiger partial charge in [0.25, 0.3) is 0 Å². The monoisotopic (exact) mass is 490 g/mol. The Hall–Kier alpha value is -2.62. The van der Waals surface area contributed by atoms with Gasteiger partial charge >= 0.3 is 0 Å². The van der Waals surface area contributed by atoms with E-state index in [-0.39, 0.29) is 0 Å². The van der Waals surface area contributed by atoms with Gasteiger partial charge in [0.2, 0.25) is 0 Å². The molecule has 0 radical (unpaired) electrons. The molecule has 0 spiro atoms. The van der Waals surface area contributed by atoms with Gasteiger partial charge in [0.15, 0.2) is 0 Å². The molecule has 0 fully saturated rings. The van der Waals surface area contributed by atoms with Gasteiger partial charge in [-0.15, -0.1) is 0 Å². The summed E-state index contributed by atoms with van der Waals surface area (Å²) in [6.07, 6.45) is 13.9. The Morgan fingerprint density at radius 2 is 0.806 bits per heavy atom. The van der Waals surface area contributed by atoms with Crippen molar-refractivity contribution >= 4 is 23.8 Å². The number of hydrogen-bond donors (Lipinski definition) is 0. The van der Waals surface area contributed by atoms with E-state index in [0.717, 1.165) is 37.3 Å². The molecule has 2 aromatic carbocycles. The molecule has 0 bridgehead atoms. The molecule has 0 atom stereocenters. The van der Waals surface area contributed by atoms with E-state index in [1.807, 2.05) is 12.4 Å². The first-order valence-corrected chi connectivity index (χ1v) is 14.4. The Balaban J connectivity index is 1.81. The normalized spacial score (nSPS) is 11.6. The largest absolute Gasteiger partial charge is 0.372 e. The van der Waals surface area contributed by atoms with Crippen LogP contribution in [0.5, 0.6) is 0 Å². The van der Waals surface area contributed by atoms with Crippen molar-refractivity contribution in [3.8, 4) is 0 Å². The number of rotatable bonds is 19. The molecular weight excluding hydrogens is 440 g/mol.